The number of nitrogens with two attached hydrogens (primary N) is 1. The first kappa shape index (κ1) is 16.5. The van der Waals surface area contributed by atoms with Crippen LogP contribution in [-0.4, -0.2) is 11.8 Å². The van der Waals surface area contributed by atoms with Crippen molar-refractivity contribution in [1.29, 1.82) is 0 Å². The van der Waals surface area contributed by atoms with Crippen LogP contribution in [0.15, 0.2) is 0 Å². The number of carbonyl (C=O) groups is 2. The molecule has 1 saturated carbocycles. The molecule has 2 aliphatic carbocycles. The maximum atomic E-state index is 12.3. The number of thiophene rings is 1. The lowest BCUT2D eigenvalue weighted by Crippen LogP contribution is -2.19. The molecule has 23 heavy (non-hydrogen) atoms. The van der Waals surface area contributed by atoms with Gasteiger partial charge in [0.15, 0.2) is 0 Å². The third kappa shape index (κ3) is 3.77. The molecule has 3 N–H and O–H groups in total. The highest BCUT2D eigenvalue weighted by atomic mass is 32.1. The molecular formula is C18H26N2O2S. The molecule has 0 saturated heterocycles. The molecule has 1 heterocycles. The van der Waals surface area contributed by atoms with Gasteiger partial charge >= 0.3 is 0 Å². The van der Waals surface area contributed by atoms with E-state index in [9.17, 15) is 9.59 Å². The molecule has 0 aliphatic heterocycles. The first-order valence-electron chi connectivity index (χ1n) is 8.78. The quantitative estimate of drug-likeness (QED) is 0.857. The molecule has 2 aliphatic rings. The van der Waals surface area contributed by atoms with Crippen LogP contribution in [0.2, 0.25) is 0 Å². The summed E-state index contributed by atoms with van der Waals surface area (Å²) < 4.78 is 0. The van der Waals surface area contributed by atoms with E-state index in [1.54, 1.807) is 11.3 Å². The number of fused-ring (bicyclic) bond motifs is 1. The van der Waals surface area contributed by atoms with Crippen LogP contribution in [0.5, 0.6) is 0 Å². The maximum Gasteiger partial charge on any atom is 0.251 e. The minimum atomic E-state index is -0.414. The van der Waals surface area contributed by atoms with Crippen molar-refractivity contribution in [3.8, 4) is 0 Å². The van der Waals surface area contributed by atoms with Crippen molar-refractivity contribution in [3.63, 3.8) is 0 Å². The van der Waals surface area contributed by atoms with Crippen LogP contribution in [0.1, 0.15) is 72.7 Å². The lowest BCUT2D eigenvalue weighted by molar-refractivity contribution is -0.116. The summed E-state index contributed by atoms with van der Waals surface area (Å²) in [5, 5.41) is 3.64. The topological polar surface area (TPSA) is 72.2 Å². The molecule has 0 radical (unpaired) electrons. The molecule has 1 atom stereocenters. The van der Waals surface area contributed by atoms with Gasteiger partial charge < -0.3 is 11.1 Å². The Morgan fingerprint density at radius 2 is 2.00 bits per heavy atom. The molecule has 0 aromatic carbocycles. The van der Waals surface area contributed by atoms with Gasteiger partial charge in [-0.15, -0.1) is 11.3 Å². The Labute approximate surface area is 141 Å². The van der Waals surface area contributed by atoms with Gasteiger partial charge in [0.1, 0.15) is 5.00 Å². The number of rotatable bonds is 5. The second-order valence-corrected chi connectivity index (χ2v) is 8.26. The van der Waals surface area contributed by atoms with Crippen LogP contribution in [-0.2, 0) is 17.6 Å². The van der Waals surface area contributed by atoms with E-state index < -0.39 is 5.91 Å². The van der Waals surface area contributed by atoms with Crippen molar-refractivity contribution in [2.45, 2.75) is 64.7 Å². The lowest BCUT2D eigenvalue weighted by Gasteiger charge is -2.18. The Bertz CT molecular complexity index is 602. The van der Waals surface area contributed by atoms with Crippen LogP contribution in [0.4, 0.5) is 5.00 Å². The van der Waals surface area contributed by atoms with E-state index >= 15 is 0 Å². The first-order chi connectivity index (χ1) is 11.0. The molecule has 126 valence electrons. The Balaban J connectivity index is 1.69. The summed E-state index contributed by atoms with van der Waals surface area (Å²) in [6.07, 6.45) is 9.57. The molecule has 0 bridgehead atoms. The maximum absolute atomic E-state index is 12.3. The molecule has 4 nitrogen and oxygen atoms in total. The summed E-state index contributed by atoms with van der Waals surface area (Å²) in [6.45, 7) is 2.23. The monoisotopic (exact) mass is 334 g/mol. The van der Waals surface area contributed by atoms with Gasteiger partial charge in [-0.25, -0.2) is 0 Å². The van der Waals surface area contributed by atoms with Crippen LogP contribution >= 0.6 is 11.3 Å². The predicted molar refractivity (Wildman–Crippen MR) is 93.8 cm³/mol. The van der Waals surface area contributed by atoms with Gasteiger partial charge in [-0.1, -0.05) is 32.6 Å². The first-order valence-corrected chi connectivity index (χ1v) is 9.60. The van der Waals surface area contributed by atoms with Gasteiger partial charge in [-0.3, -0.25) is 9.59 Å². The van der Waals surface area contributed by atoms with Gasteiger partial charge in [-0.2, -0.15) is 0 Å². The van der Waals surface area contributed by atoms with Crippen LogP contribution in [0.25, 0.3) is 0 Å². The standard InChI is InChI=1S/C18H26N2O2S/c1-11-6-8-13-14(10-11)23-18(16(13)17(19)22)20-15(21)9-7-12-4-2-3-5-12/h11-12H,2-10H2,1H3,(H2,19,22)(H,20,21). The van der Waals surface area contributed by atoms with E-state index in [1.165, 1.54) is 30.6 Å². The fraction of sp³-hybridized carbons (Fsp3) is 0.667. The van der Waals surface area contributed by atoms with Crippen molar-refractivity contribution in [1.82, 2.24) is 0 Å². The largest absolute Gasteiger partial charge is 0.365 e. The van der Waals surface area contributed by atoms with Crippen LogP contribution < -0.4 is 11.1 Å². The molecule has 5 heteroatoms. The SMILES string of the molecule is CC1CCc2c(sc(NC(=O)CCC3CCCC3)c2C(N)=O)C1. The van der Waals surface area contributed by atoms with Crippen molar-refractivity contribution < 1.29 is 9.59 Å². The van der Waals surface area contributed by atoms with Crippen LogP contribution in [0, 0.1) is 11.8 Å². The van der Waals surface area contributed by atoms with Crippen molar-refractivity contribution in [2.75, 3.05) is 5.32 Å². The molecule has 1 aromatic heterocycles. The number of hydrogen-bond donors (Lipinski definition) is 2. The van der Waals surface area contributed by atoms with Crippen molar-refractivity contribution in [3.05, 3.63) is 16.0 Å². The average Bonchev–Trinajstić information content (AvgIpc) is 3.11. The minimum Gasteiger partial charge on any atom is -0.365 e. The Hall–Kier alpha value is -1.36. The van der Waals surface area contributed by atoms with E-state index in [0.717, 1.165) is 31.2 Å². The van der Waals surface area contributed by atoms with E-state index in [-0.39, 0.29) is 5.91 Å². The third-order valence-corrected chi connectivity index (χ3v) is 6.44. The highest BCUT2D eigenvalue weighted by molar-refractivity contribution is 7.17. The van der Waals surface area contributed by atoms with E-state index in [1.807, 2.05) is 0 Å². The number of nitrogens with one attached hydrogen (secondary N) is 1. The number of carbonyl (C=O) groups excluding carboxylic acids is 2. The predicted octanol–water partition coefficient (Wildman–Crippen LogP) is 3.88. The summed E-state index contributed by atoms with van der Waals surface area (Å²) in [6, 6.07) is 0. The molecule has 2 amide bonds. The minimum absolute atomic E-state index is 0.0195. The highest BCUT2D eigenvalue weighted by Gasteiger charge is 2.27. The molecule has 1 fully saturated rings. The molecular weight excluding hydrogens is 308 g/mol. The summed E-state index contributed by atoms with van der Waals surface area (Å²) >= 11 is 1.55. The molecule has 0 spiro atoms. The number of hydrogen-bond acceptors (Lipinski definition) is 3. The number of amides is 2. The van der Waals surface area contributed by atoms with Crippen molar-refractivity contribution >= 4 is 28.2 Å². The summed E-state index contributed by atoms with van der Waals surface area (Å²) in [5.41, 5.74) is 7.22. The smallest absolute Gasteiger partial charge is 0.251 e. The number of primary amides is 1. The Morgan fingerprint density at radius 3 is 2.70 bits per heavy atom. The van der Waals surface area contributed by atoms with Crippen LogP contribution in [0.3, 0.4) is 0 Å². The van der Waals surface area contributed by atoms with Gasteiger partial charge in [0.2, 0.25) is 5.91 Å². The second-order valence-electron chi connectivity index (χ2n) is 7.16. The van der Waals surface area contributed by atoms with Gasteiger partial charge in [-0.05, 0) is 43.1 Å². The van der Waals surface area contributed by atoms with Gasteiger partial charge in [0.25, 0.3) is 5.91 Å². The summed E-state index contributed by atoms with van der Waals surface area (Å²) in [5.74, 6) is 0.940. The second kappa shape index (κ2) is 7.04. The zero-order valence-electron chi connectivity index (χ0n) is 13.8. The molecule has 1 aromatic rings. The highest BCUT2D eigenvalue weighted by Crippen LogP contribution is 2.39. The lowest BCUT2D eigenvalue weighted by atomic mass is 9.88. The normalized spacial score (nSPS) is 21.2. The molecule has 3 rings (SSSR count). The third-order valence-electron chi connectivity index (χ3n) is 5.27. The van der Waals surface area contributed by atoms with E-state index in [0.29, 0.717) is 28.8 Å². The van der Waals surface area contributed by atoms with Crippen molar-refractivity contribution in [2.24, 2.45) is 17.6 Å². The Kier molecular flexibility index (Phi) is 5.05. The Morgan fingerprint density at radius 1 is 1.26 bits per heavy atom. The zero-order valence-corrected chi connectivity index (χ0v) is 14.6. The fourth-order valence-corrected chi connectivity index (χ4v) is 5.36. The van der Waals surface area contributed by atoms with E-state index in [2.05, 4.69) is 12.2 Å². The fourth-order valence-electron chi connectivity index (χ4n) is 3.92. The van der Waals surface area contributed by atoms with Gasteiger partial charge in [0, 0.05) is 11.3 Å². The summed E-state index contributed by atoms with van der Waals surface area (Å²) in [7, 11) is 0. The van der Waals surface area contributed by atoms with E-state index in [4.69, 9.17) is 5.73 Å². The zero-order chi connectivity index (χ0) is 16.4. The molecule has 1 unspecified atom stereocenters. The number of anilines is 1. The van der Waals surface area contributed by atoms with Gasteiger partial charge in [0.05, 0.1) is 5.56 Å². The average molecular weight is 334 g/mol. The summed E-state index contributed by atoms with van der Waals surface area (Å²) in [4.78, 5) is 25.4.